The molecule has 5 nitrogen and oxygen atoms in total. The molecular formula is C17H18ClNO4. The molecular weight excluding hydrogens is 318 g/mol. The fourth-order valence-electron chi connectivity index (χ4n) is 2.25. The molecule has 23 heavy (non-hydrogen) atoms. The van der Waals surface area contributed by atoms with Gasteiger partial charge in [0.25, 0.3) is 5.91 Å². The summed E-state index contributed by atoms with van der Waals surface area (Å²) in [5.74, 6) is 0.161. The van der Waals surface area contributed by atoms with Gasteiger partial charge < -0.3 is 14.5 Å². The minimum absolute atomic E-state index is 0.371. The zero-order chi connectivity index (χ0) is 17.1. The molecule has 1 N–H and O–H groups in total. The van der Waals surface area contributed by atoms with Gasteiger partial charge in [-0.05, 0) is 51.5 Å². The van der Waals surface area contributed by atoms with Crippen molar-refractivity contribution in [1.29, 1.82) is 0 Å². The summed E-state index contributed by atoms with van der Waals surface area (Å²) in [5, 5.41) is 3.27. The first kappa shape index (κ1) is 17.1. The van der Waals surface area contributed by atoms with E-state index in [1.165, 1.54) is 0 Å². The summed E-state index contributed by atoms with van der Waals surface area (Å²) in [5.41, 5.74) is 2.55. The van der Waals surface area contributed by atoms with Crippen LogP contribution in [0.3, 0.4) is 0 Å². The van der Waals surface area contributed by atoms with E-state index in [1.54, 1.807) is 39.0 Å². The number of anilines is 1. The van der Waals surface area contributed by atoms with Crippen LogP contribution >= 0.6 is 11.6 Å². The minimum atomic E-state index is -0.570. The van der Waals surface area contributed by atoms with Gasteiger partial charge in [-0.2, -0.15) is 0 Å². The predicted octanol–water partition coefficient (Wildman–Crippen LogP) is 3.96. The molecule has 0 spiro atoms. The quantitative estimate of drug-likeness (QED) is 0.858. The molecule has 0 atom stereocenters. The smallest absolute Gasteiger partial charge is 0.342 e. The van der Waals surface area contributed by atoms with Crippen LogP contribution in [0.2, 0.25) is 5.02 Å². The Morgan fingerprint density at radius 1 is 1.17 bits per heavy atom. The molecule has 0 aliphatic rings. The molecule has 0 aliphatic carbocycles. The number of aryl methyl sites for hydroxylation is 3. The standard InChI is InChI=1S/C17H18ClNO4/c1-9-7-13(18)5-6-14(9)19-15(20)8-22-17(21)16-10(2)11(3)23-12(16)4/h5-7H,8H2,1-4H3,(H,19,20). The summed E-state index contributed by atoms with van der Waals surface area (Å²) < 4.78 is 10.4. The third kappa shape index (κ3) is 3.93. The maximum atomic E-state index is 12.1. The van der Waals surface area contributed by atoms with Crippen LogP contribution in [-0.4, -0.2) is 18.5 Å². The number of benzene rings is 1. The van der Waals surface area contributed by atoms with E-state index in [9.17, 15) is 9.59 Å². The van der Waals surface area contributed by atoms with Crippen LogP contribution in [0.15, 0.2) is 22.6 Å². The second-order valence-electron chi connectivity index (χ2n) is 5.30. The molecule has 0 radical (unpaired) electrons. The molecule has 6 heteroatoms. The van der Waals surface area contributed by atoms with Gasteiger partial charge in [-0.15, -0.1) is 0 Å². The number of rotatable bonds is 4. The first-order valence-corrected chi connectivity index (χ1v) is 7.47. The van der Waals surface area contributed by atoms with E-state index in [0.29, 0.717) is 27.8 Å². The van der Waals surface area contributed by atoms with Crippen molar-refractivity contribution >= 4 is 29.2 Å². The topological polar surface area (TPSA) is 68.5 Å². The maximum absolute atomic E-state index is 12.1. The van der Waals surface area contributed by atoms with Crippen molar-refractivity contribution < 1.29 is 18.7 Å². The monoisotopic (exact) mass is 335 g/mol. The highest BCUT2D eigenvalue weighted by Gasteiger charge is 2.20. The summed E-state index contributed by atoms with van der Waals surface area (Å²) in [6.45, 7) is 6.70. The van der Waals surface area contributed by atoms with E-state index >= 15 is 0 Å². The van der Waals surface area contributed by atoms with E-state index in [1.807, 2.05) is 6.92 Å². The van der Waals surface area contributed by atoms with Gasteiger partial charge >= 0.3 is 5.97 Å². The van der Waals surface area contributed by atoms with Gasteiger partial charge in [-0.25, -0.2) is 4.79 Å². The van der Waals surface area contributed by atoms with Crippen molar-refractivity contribution in [3.8, 4) is 0 Å². The van der Waals surface area contributed by atoms with Gasteiger partial charge in [0, 0.05) is 16.3 Å². The molecule has 122 valence electrons. The summed E-state index contributed by atoms with van der Waals surface area (Å²) in [4.78, 5) is 24.0. The zero-order valence-corrected chi connectivity index (χ0v) is 14.2. The van der Waals surface area contributed by atoms with Gasteiger partial charge in [-0.3, -0.25) is 4.79 Å². The fourth-order valence-corrected chi connectivity index (χ4v) is 2.48. The number of esters is 1. The van der Waals surface area contributed by atoms with Crippen molar-refractivity contribution in [3.63, 3.8) is 0 Å². The second-order valence-corrected chi connectivity index (χ2v) is 5.73. The maximum Gasteiger partial charge on any atom is 0.342 e. The molecule has 0 saturated carbocycles. The van der Waals surface area contributed by atoms with Gasteiger partial charge in [0.2, 0.25) is 0 Å². The van der Waals surface area contributed by atoms with E-state index in [0.717, 1.165) is 11.1 Å². The van der Waals surface area contributed by atoms with E-state index < -0.39 is 11.9 Å². The van der Waals surface area contributed by atoms with Crippen LogP contribution in [0, 0.1) is 27.7 Å². The van der Waals surface area contributed by atoms with Crippen molar-refractivity contribution in [3.05, 3.63) is 51.4 Å². The first-order valence-electron chi connectivity index (χ1n) is 7.09. The average Bonchev–Trinajstić information content (AvgIpc) is 2.73. The largest absolute Gasteiger partial charge is 0.465 e. The lowest BCUT2D eigenvalue weighted by Gasteiger charge is -2.09. The normalized spacial score (nSPS) is 10.5. The number of carbonyl (C=O) groups is 2. The number of nitrogens with one attached hydrogen (secondary N) is 1. The Morgan fingerprint density at radius 2 is 1.87 bits per heavy atom. The lowest BCUT2D eigenvalue weighted by molar-refractivity contribution is -0.119. The van der Waals surface area contributed by atoms with Crippen LogP contribution in [0.4, 0.5) is 5.69 Å². The highest BCUT2D eigenvalue weighted by Crippen LogP contribution is 2.22. The van der Waals surface area contributed by atoms with Crippen LogP contribution in [0.5, 0.6) is 0 Å². The Hall–Kier alpha value is -2.27. The van der Waals surface area contributed by atoms with Crippen molar-refractivity contribution in [2.45, 2.75) is 27.7 Å². The number of ether oxygens (including phenoxy) is 1. The third-order valence-corrected chi connectivity index (χ3v) is 3.80. The molecule has 0 saturated heterocycles. The number of hydrogen-bond donors (Lipinski definition) is 1. The molecule has 0 aliphatic heterocycles. The van der Waals surface area contributed by atoms with E-state index in [2.05, 4.69) is 5.32 Å². The Labute approximate surface area is 139 Å². The van der Waals surface area contributed by atoms with Crippen LogP contribution < -0.4 is 5.32 Å². The van der Waals surface area contributed by atoms with Crippen LogP contribution in [0.1, 0.15) is 33.0 Å². The molecule has 1 aromatic heterocycles. The molecule has 2 aromatic rings. The summed E-state index contributed by atoms with van der Waals surface area (Å²) in [7, 11) is 0. The van der Waals surface area contributed by atoms with Crippen molar-refractivity contribution in [2.24, 2.45) is 0 Å². The Morgan fingerprint density at radius 3 is 2.43 bits per heavy atom. The highest BCUT2D eigenvalue weighted by atomic mass is 35.5. The minimum Gasteiger partial charge on any atom is -0.465 e. The number of hydrogen-bond acceptors (Lipinski definition) is 4. The van der Waals surface area contributed by atoms with Crippen LogP contribution in [0.25, 0.3) is 0 Å². The van der Waals surface area contributed by atoms with E-state index in [-0.39, 0.29) is 6.61 Å². The fraction of sp³-hybridized carbons (Fsp3) is 0.294. The lowest BCUT2D eigenvalue weighted by atomic mass is 10.1. The summed E-state index contributed by atoms with van der Waals surface area (Å²) in [6, 6.07) is 5.12. The number of amides is 1. The molecule has 1 heterocycles. The average molecular weight is 336 g/mol. The number of halogens is 1. The van der Waals surface area contributed by atoms with Crippen molar-refractivity contribution in [2.75, 3.05) is 11.9 Å². The highest BCUT2D eigenvalue weighted by molar-refractivity contribution is 6.30. The Bertz CT molecular complexity index is 764. The summed E-state index contributed by atoms with van der Waals surface area (Å²) in [6.07, 6.45) is 0. The SMILES string of the molecule is Cc1cc(Cl)ccc1NC(=O)COC(=O)c1c(C)oc(C)c1C. The Kier molecular flexibility index (Phi) is 5.11. The van der Waals surface area contributed by atoms with Gasteiger partial charge in [0.1, 0.15) is 17.1 Å². The molecule has 1 amide bonds. The molecule has 2 rings (SSSR count). The molecule has 0 unspecified atom stereocenters. The lowest BCUT2D eigenvalue weighted by Crippen LogP contribution is -2.21. The zero-order valence-electron chi connectivity index (χ0n) is 13.5. The molecule has 0 fully saturated rings. The first-order chi connectivity index (χ1) is 10.8. The predicted molar refractivity (Wildman–Crippen MR) is 88.0 cm³/mol. The van der Waals surface area contributed by atoms with E-state index in [4.69, 9.17) is 20.8 Å². The number of furan rings is 1. The number of carbonyl (C=O) groups excluding carboxylic acids is 2. The van der Waals surface area contributed by atoms with Crippen molar-refractivity contribution in [1.82, 2.24) is 0 Å². The van der Waals surface area contributed by atoms with Gasteiger partial charge in [0.05, 0.1) is 0 Å². The molecule has 0 bridgehead atoms. The molecule has 1 aromatic carbocycles. The Balaban J connectivity index is 1.97. The van der Waals surface area contributed by atoms with Gasteiger partial charge in [-0.1, -0.05) is 11.6 Å². The summed E-state index contributed by atoms with van der Waals surface area (Å²) >= 11 is 5.86. The third-order valence-electron chi connectivity index (χ3n) is 3.56. The second kappa shape index (κ2) is 6.87. The van der Waals surface area contributed by atoms with Gasteiger partial charge in [0.15, 0.2) is 6.61 Å². The van der Waals surface area contributed by atoms with Crippen LogP contribution in [-0.2, 0) is 9.53 Å².